The molecular formula is C10H10F2N2O2. The smallest absolute Gasteiger partial charge is 0.315 e. The first-order valence-corrected chi connectivity index (χ1v) is 4.42. The van der Waals surface area contributed by atoms with Gasteiger partial charge in [-0.15, -0.1) is 0 Å². The van der Waals surface area contributed by atoms with Crippen molar-refractivity contribution in [1.82, 2.24) is 0 Å². The van der Waals surface area contributed by atoms with Gasteiger partial charge in [0.25, 0.3) is 5.91 Å². The number of alkyl halides is 2. The van der Waals surface area contributed by atoms with Gasteiger partial charge in [-0.05, 0) is 24.6 Å². The summed E-state index contributed by atoms with van der Waals surface area (Å²) in [6.45, 7) is 1.52. The maximum absolute atomic E-state index is 12.0. The lowest BCUT2D eigenvalue weighted by Gasteiger charge is -2.10. The first kappa shape index (κ1) is 12.1. The zero-order valence-electron chi connectivity index (χ0n) is 8.46. The number of hydrogen-bond donors (Lipinski definition) is 2. The number of nitrogens with two attached hydrogens (primary N) is 1. The molecule has 4 nitrogen and oxygen atoms in total. The molecule has 3 N–H and O–H groups in total. The van der Waals surface area contributed by atoms with Gasteiger partial charge in [0, 0.05) is 11.3 Å². The molecule has 0 atom stereocenters. The summed E-state index contributed by atoms with van der Waals surface area (Å²) in [7, 11) is 0. The lowest BCUT2D eigenvalue weighted by atomic mass is 10.1. The van der Waals surface area contributed by atoms with Crippen molar-refractivity contribution in [3.05, 3.63) is 29.3 Å². The van der Waals surface area contributed by atoms with Crippen LogP contribution in [-0.2, 0) is 4.79 Å². The maximum atomic E-state index is 12.0. The summed E-state index contributed by atoms with van der Waals surface area (Å²) in [4.78, 5) is 21.7. The molecule has 0 spiro atoms. The van der Waals surface area contributed by atoms with Gasteiger partial charge >= 0.3 is 6.43 Å². The van der Waals surface area contributed by atoms with Crippen molar-refractivity contribution in [2.45, 2.75) is 13.3 Å². The molecule has 0 heterocycles. The molecule has 0 radical (unpaired) electrons. The van der Waals surface area contributed by atoms with Crippen LogP contribution in [0.25, 0.3) is 0 Å². The van der Waals surface area contributed by atoms with Crippen LogP contribution in [0.4, 0.5) is 14.5 Å². The fraction of sp³-hybridized carbons (Fsp3) is 0.200. The second kappa shape index (κ2) is 4.69. The highest BCUT2D eigenvalue weighted by molar-refractivity contribution is 5.99. The average Bonchev–Trinajstić information content (AvgIpc) is 2.20. The molecular weight excluding hydrogens is 218 g/mol. The summed E-state index contributed by atoms with van der Waals surface area (Å²) >= 11 is 0. The van der Waals surface area contributed by atoms with Gasteiger partial charge in [0.05, 0.1) is 0 Å². The SMILES string of the molecule is Cc1c(NC(=O)C(F)F)cccc1C(N)=O. The third-order valence-electron chi connectivity index (χ3n) is 2.06. The second-order valence-corrected chi connectivity index (χ2v) is 3.13. The van der Waals surface area contributed by atoms with Gasteiger partial charge in [0.2, 0.25) is 5.91 Å². The van der Waals surface area contributed by atoms with Crippen molar-refractivity contribution in [1.29, 1.82) is 0 Å². The van der Waals surface area contributed by atoms with E-state index in [0.29, 0.717) is 5.56 Å². The number of benzene rings is 1. The summed E-state index contributed by atoms with van der Waals surface area (Å²) in [5.74, 6) is -2.09. The van der Waals surface area contributed by atoms with E-state index in [4.69, 9.17) is 5.73 Å². The van der Waals surface area contributed by atoms with Crippen molar-refractivity contribution < 1.29 is 18.4 Å². The predicted molar refractivity (Wildman–Crippen MR) is 54.3 cm³/mol. The number of anilines is 1. The Morgan fingerprint density at radius 1 is 1.38 bits per heavy atom. The number of carbonyl (C=O) groups excluding carboxylic acids is 2. The van der Waals surface area contributed by atoms with E-state index in [2.05, 4.69) is 0 Å². The van der Waals surface area contributed by atoms with Crippen molar-refractivity contribution in [3.8, 4) is 0 Å². The Morgan fingerprint density at radius 3 is 2.50 bits per heavy atom. The topological polar surface area (TPSA) is 72.2 Å². The highest BCUT2D eigenvalue weighted by atomic mass is 19.3. The lowest BCUT2D eigenvalue weighted by Crippen LogP contribution is -2.21. The largest absolute Gasteiger partial charge is 0.366 e. The van der Waals surface area contributed by atoms with Crippen molar-refractivity contribution in [2.24, 2.45) is 5.73 Å². The van der Waals surface area contributed by atoms with E-state index in [9.17, 15) is 18.4 Å². The van der Waals surface area contributed by atoms with Gasteiger partial charge in [-0.2, -0.15) is 8.78 Å². The van der Waals surface area contributed by atoms with E-state index in [1.54, 1.807) is 0 Å². The summed E-state index contributed by atoms with van der Waals surface area (Å²) in [6.07, 6.45) is -3.10. The van der Waals surface area contributed by atoms with Crippen LogP contribution in [0, 0.1) is 6.92 Å². The minimum Gasteiger partial charge on any atom is -0.366 e. The van der Waals surface area contributed by atoms with E-state index in [-0.39, 0.29) is 11.3 Å². The molecule has 0 saturated carbocycles. The minimum absolute atomic E-state index is 0.154. The van der Waals surface area contributed by atoms with Crippen LogP contribution in [0.1, 0.15) is 15.9 Å². The summed E-state index contributed by atoms with van der Waals surface area (Å²) in [5.41, 5.74) is 5.78. The van der Waals surface area contributed by atoms with E-state index in [0.717, 1.165) is 0 Å². The van der Waals surface area contributed by atoms with Gasteiger partial charge in [-0.1, -0.05) is 6.07 Å². The molecule has 1 rings (SSSR count). The van der Waals surface area contributed by atoms with Gasteiger partial charge in [-0.3, -0.25) is 9.59 Å². The first-order valence-electron chi connectivity index (χ1n) is 4.42. The number of rotatable bonds is 3. The fourth-order valence-electron chi connectivity index (χ4n) is 1.23. The number of nitrogens with one attached hydrogen (secondary N) is 1. The quantitative estimate of drug-likeness (QED) is 0.818. The number of carbonyl (C=O) groups is 2. The van der Waals surface area contributed by atoms with E-state index in [1.807, 2.05) is 5.32 Å². The molecule has 0 saturated heterocycles. The molecule has 1 aromatic rings. The predicted octanol–water partition coefficient (Wildman–Crippen LogP) is 1.30. The monoisotopic (exact) mass is 228 g/mol. The molecule has 0 bridgehead atoms. The fourth-order valence-corrected chi connectivity index (χ4v) is 1.23. The van der Waals surface area contributed by atoms with Crippen molar-refractivity contribution >= 4 is 17.5 Å². The van der Waals surface area contributed by atoms with Crippen LogP contribution in [0.15, 0.2) is 18.2 Å². The number of amides is 2. The summed E-state index contributed by atoms with van der Waals surface area (Å²) in [6, 6.07) is 4.33. The zero-order chi connectivity index (χ0) is 12.3. The summed E-state index contributed by atoms with van der Waals surface area (Å²) < 4.78 is 24.0. The molecule has 86 valence electrons. The molecule has 0 aliphatic rings. The Hall–Kier alpha value is -1.98. The van der Waals surface area contributed by atoms with Crippen LogP contribution < -0.4 is 11.1 Å². The average molecular weight is 228 g/mol. The van der Waals surface area contributed by atoms with Crippen LogP contribution in [-0.4, -0.2) is 18.2 Å². The Kier molecular flexibility index (Phi) is 3.55. The van der Waals surface area contributed by atoms with Gasteiger partial charge in [0.1, 0.15) is 0 Å². The molecule has 1 aromatic carbocycles. The van der Waals surface area contributed by atoms with E-state index >= 15 is 0 Å². The zero-order valence-corrected chi connectivity index (χ0v) is 8.46. The van der Waals surface area contributed by atoms with Gasteiger partial charge in [0.15, 0.2) is 0 Å². The Morgan fingerprint density at radius 2 is 2.00 bits per heavy atom. The highest BCUT2D eigenvalue weighted by Gasteiger charge is 2.17. The number of primary amides is 1. The van der Waals surface area contributed by atoms with Gasteiger partial charge < -0.3 is 11.1 Å². The molecule has 0 unspecified atom stereocenters. The molecule has 0 fully saturated rings. The van der Waals surface area contributed by atoms with E-state index < -0.39 is 18.2 Å². The highest BCUT2D eigenvalue weighted by Crippen LogP contribution is 2.19. The van der Waals surface area contributed by atoms with Crippen LogP contribution in [0.5, 0.6) is 0 Å². The van der Waals surface area contributed by atoms with Crippen LogP contribution >= 0.6 is 0 Å². The third kappa shape index (κ3) is 2.53. The minimum atomic E-state index is -3.10. The normalized spacial score (nSPS) is 10.2. The molecule has 0 aliphatic heterocycles. The Labute approximate surface area is 90.4 Å². The lowest BCUT2D eigenvalue weighted by molar-refractivity contribution is -0.126. The summed E-state index contributed by atoms with van der Waals surface area (Å²) in [5, 5.41) is 2.01. The molecule has 2 amide bonds. The molecule has 0 aromatic heterocycles. The molecule has 16 heavy (non-hydrogen) atoms. The van der Waals surface area contributed by atoms with E-state index in [1.165, 1.54) is 25.1 Å². The molecule has 0 aliphatic carbocycles. The Bertz CT molecular complexity index is 433. The van der Waals surface area contributed by atoms with Crippen LogP contribution in [0.3, 0.4) is 0 Å². The number of halogens is 2. The third-order valence-corrected chi connectivity index (χ3v) is 2.06. The van der Waals surface area contributed by atoms with Crippen molar-refractivity contribution in [2.75, 3.05) is 5.32 Å². The standard InChI is InChI=1S/C10H10F2N2O2/c1-5-6(9(13)15)3-2-4-7(5)14-10(16)8(11)12/h2-4,8H,1H3,(H2,13,15)(H,14,16). The second-order valence-electron chi connectivity index (χ2n) is 3.13. The first-order chi connectivity index (χ1) is 7.43. The molecule has 6 heteroatoms. The van der Waals surface area contributed by atoms with Crippen LogP contribution in [0.2, 0.25) is 0 Å². The number of hydrogen-bond acceptors (Lipinski definition) is 2. The maximum Gasteiger partial charge on any atom is 0.315 e. The Balaban J connectivity index is 3.02. The van der Waals surface area contributed by atoms with Gasteiger partial charge in [-0.25, -0.2) is 0 Å². The van der Waals surface area contributed by atoms with Crippen molar-refractivity contribution in [3.63, 3.8) is 0 Å².